The minimum absolute atomic E-state index is 0.00833. The molecule has 3 rings (SSSR count). The largest absolute Gasteiger partial charge is 0.292 e. The topological polar surface area (TPSA) is 76.9 Å². The van der Waals surface area contributed by atoms with Gasteiger partial charge in [-0.15, -0.1) is 0 Å². The van der Waals surface area contributed by atoms with Crippen molar-refractivity contribution in [2.45, 2.75) is 10.8 Å². The normalized spacial score (nSPS) is 11.8. The molecule has 0 aliphatic rings. The molecule has 28 heavy (non-hydrogen) atoms. The van der Waals surface area contributed by atoms with Gasteiger partial charge in [-0.05, 0) is 35.9 Å². The fourth-order valence-electron chi connectivity index (χ4n) is 2.53. The lowest BCUT2D eigenvalue weighted by atomic mass is 10.0. The van der Waals surface area contributed by atoms with Gasteiger partial charge < -0.3 is 0 Å². The van der Waals surface area contributed by atoms with E-state index in [9.17, 15) is 17.2 Å². The van der Waals surface area contributed by atoms with Crippen LogP contribution in [0.4, 0.5) is 14.6 Å². The first-order valence-corrected chi connectivity index (χ1v) is 9.53. The molecule has 1 N–H and O–H groups in total. The molecular weight excluding hydrogens is 386 g/mol. The number of hydrogen-bond donors (Lipinski definition) is 1. The molecule has 0 aliphatic heterocycles. The molecule has 2 aromatic heterocycles. The highest BCUT2D eigenvalue weighted by molar-refractivity contribution is 7.92. The van der Waals surface area contributed by atoms with Gasteiger partial charge >= 0.3 is 0 Å². The van der Waals surface area contributed by atoms with Crippen LogP contribution in [0.3, 0.4) is 0 Å². The van der Waals surface area contributed by atoms with Crippen LogP contribution >= 0.6 is 0 Å². The van der Waals surface area contributed by atoms with Crippen molar-refractivity contribution in [3.8, 4) is 5.82 Å². The van der Waals surface area contributed by atoms with Crippen LogP contribution in [-0.2, 0) is 15.9 Å². The number of alkyl halides is 2. The van der Waals surface area contributed by atoms with Crippen LogP contribution in [-0.4, -0.2) is 23.2 Å². The number of anilines is 1. The SMILES string of the molecule is C=Cc1cc(S(=O)(=O)Nc2ccnn2-c2ccccn2)ccc1C(F)(F)C=C. The predicted molar refractivity (Wildman–Crippen MR) is 103 cm³/mol. The molecule has 0 bridgehead atoms. The molecule has 0 aliphatic carbocycles. The number of nitrogens with one attached hydrogen (secondary N) is 1. The van der Waals surface area contributed by atoms with Crippen molar-refractivity contribution >= 4 is 21.9 Å². The standard InChI is InChI=1S/C19H16F2N4O2S/c1-3-14-13-15(8-9-16(14)19(20,21)4-2)28(26,27)24-18-10-12-23-25(18)17-7-5-6-11-22-17/h3-13,24H,1-2H2. The highest BCUT2D eigenvalue weighted by Crippen LogP contribution is 2.33. The molecule has 0 amide bonds. The van der Waals surface area contributed by atoms with Crippen LogP contribution < -0.4 is 4.72 Å². The molecule has 2 heterocycles. The number of halogens is 2. The molecule has 0 radical (unpaired) electrons. The Kier molecular flexibility index (Phi) is 5.10. The fourth-order valence-corrected chi connectivity index (χ4v) is 3.61. The molecule has 0 saturated heterocycles. The Hall–Kier alpha value is -3.33. The van der Waals surface area contributed by atoms with E-state index < -0.39 is 15.9 Å². The van der Waals surface area contributed by atoms with Crippen LogP contribution in [0.2, 0.25) is 0 Å². The first-order chi connectivity index (χ1) is 13.3. The van der Waals surface area contributed by atoms with Crippen LogP contribution in [0.5, 0.6) is 0 Å². The summed E-state index contributed by atoms with van der Waals surface area (Å²) in [7, 11) is -4.07. The van der Waals surface area contributed by atoms with E-state index in [4.69, 9.17) is 0 Å². The average Bonchev–Trinajstić information content (AvgIpc) is 3.15. The quantitative estimate of drug-likeness (QED) is 0.607. The number of sulfonamides is 1. The summed E-state index contributed by atoms with van der Waals surface area (Å²) in [6.45, 7) is 6.60. The number of allylic oxidation sites excluding steroid dienone is 1. The molecule has 0 atom stereocenters. The Labute approximate surface area is 160 Å². The van der Waals surface area contributed by atoms with Gasteiger partial charge in [-0.2, -0.15) is 18.6 Å². The Morgan fingerprint density at radius 1 is 1.11 bits per heavy atom. The second-order valence-corrected chi connectivity index (χ2v) is 7.38. The van der Waals surface area contributed by atoms with Gasteiger partial charge in [0.05, 0.1) is 11.1 Å². The molecule has 0 fully saturated rings. The highest BCUT2D eigenvalue weighted by atomic mass is 32.2. The van der Waals surface area contributed by atoms with Crippen molar-refractivity contribution in [1.82, 2.24) is 14.8 Å². The first kappa shape index (κ1) is 19.4. The summed E-state index contributed by atoms with van der Waals surface area (Å²) >= 11 is 0. The molecule has 9 heteroatoms. The summed E-state index contributed by atoms with van der Waals surface area (Å²) in [6.07, 6.45) is 4.62. The molecule has 0 spiro atoms. The van der Waals surface area contributed by atoms with Crippen molar-refractivity contribution in [3.63, 3.8) is 0 Å². The summed E-state index contributed by atoms with van der Waals surface area (Å²) in [5.74, 6) is -2.74. The maximum absolute atomic E-state index is 14.0. The second-order valence-electron chi connectivity index (χ2n) is 5.70. The smallest absolute Gasteiger partial charge is 0.263 e. The molecular formula is C19H16F2N4O2S. The molecule has 6 nitrogen and oxygen atoms in total. The third-order valence-corrected chi connectivity index (χ3v) is 5.27. The van der Waals surface area contributed by atoms with Crippen LogP contribution in [0.25, 0.3) is 11.9 Å². The van der Waals surface area contributed by atoms with E-state index in [1.54, 1.807) is 24.4 Å². The van der Waals surface area contributed by atoms with Gasteiger partial charge in [-0.3, -0.25) is 4.72 Å². The van der Waals surface area contributed by atoms with E-state index in [1.165, 1.54) is 23.0 Å². The van der Waals surface area contributed by atoms with E-state index in [1.807, 2.05) is 0 Å². The van der Waals surface area contributed by atoms with Crippen molar-refractivity contribution < 1.29 is 17.2 Å². The van der Waals surface area contributed by atoms with Crippen molar-refractivity contribution in [3.05, 3.63) is 85.2 Å². The van der Waals surface area contributed by atoms with E-state index in [0.717, 1.165) is 18.2 Å². The Morgan fingerprint density at radius 2 is 1.89 bits per heavy atom. The molecule has 0 unspecified atom stereocenters. The number of pyridine rings is 1. The fraction of sp³-hybridized carbons (Fsp3) is 0.0526. The summed E-state index contributed by atoms with van der Waals surface area (Å²) in [5, 5.41) is 4.06. The molecule has 1 aromatic carbocycles. The van der Waals surface area contributed by atoms with Crippen LogP contribution in [0, 0.1) is 0 Å². The zero-order valence-electron chi connectivity index (χ0n) is 14.6. The lowest BCUT2D eigenvalue weighted by molar-refractivity contribution is 0.0523. The third kappa shape index (κ3) is 3.70. The zero-order chi connectivity index (χ0) is 20.4. The highest BCUT2D eigenvalue weighted by Gasteiger charge is 2.30. The summed E-state index contributed by atoms with van der Waals surface area (Å²) in [5.41, 5.74) is -0.388. The molecule has 3 aromatic rings. The zero-order valence-corrected chi connectivity index (χ0v) is 15.4. The number of nitrogens with zero attached hydrogens (tertiary/aromatic N) is 3. The van der Waals surface area contributed by atoms with E-state index in [-0.39, 0.29) is 21.8 Å². The molecule has 144 valence electrons. The summed E-state index contributed by atoms with van der Waals surface area (Å²) < 4.78 is 57.2. The van der Waals surface area contributed by atoms with E-state index in [0.29, 0.717) is 11.9 Å². The number of aromatic nitrogens is 3. The Bertz CT molecular complexity index is 1130. The maximum atomic E-state index is 14.0. The lowest BCUT2D eigenvalue weighted by Gasteiger charge is -2.16. The Morgan fingerprint density at radius 3 is 2.54 bits per heavy atom. The van der Waals surface area contributed by atoms with Gasteiger partial charge in [-0.1, -0.05) is 31.4 Å². The van der Waals surface area contributed by atoms with Crippen molar-refractivity contribution in [1.29, 1.82) is 0 Å². The summed E-state index contributed by atoms with van der Waals surface area (Å²) in [6, 6.07) is 9.84. The first-order valence-electron chi connectivity index (χ1n) is 8.05. The van der Waals surface area contributed by atoms with Crippen molar-refractivity contribution in [2.75, 3.05) is 4.72 Å². The predicted octanol–water partition coefficient (Wildman–Crippen LogP) is 3.99. The maximum Gasteiger partial charge on any atom is 0.292 e. The minimum Gasteiger partial charge on any atom is -0.263 e. The van der Waals surface area contributed by atoms with Crippen molar-refractivity contribution in [2.24, 2.45) is 0 Å². The van der Waals surface area contributed by atoms with Crippen LogP contribution in [0.1, 0.15) is 11.1 Å². The van der Waals surface area contributed by atoms with Gasteiger partial charge in [0.25, 0.3) is 15.9 Å². The van der Waals surface area contributed by atoms with E-state index >= 15 is 0 Å². The summed E-state index contributed by atoms with van der Waals surface area (Å²) in [4.78, 5) is 3.93. The third-order valence-electron chi connectivity index (χ3n) is 3.92. The lowest BCUT2D eigenvalue weighted by Crippen LogP contribution is -2.17. The van der Waals surface area contributed by atoms with Gasteiger partial charge in [0.1, 0.15) is 5.82 Å². The Balaban J connectivity index is 1.98. The monoisotopic (exact) mass is 402 g/mol. The van der Waals surface area contributed by atoms with Gasteiger partial charge in [0.2, 0.25) is 0 Å². The number of rotatable bonds is 7. The number of benzene rings is 1. The number of hydrogen-bond acceptors (Lipinski definition) is 4. The molecule has 0 saturated carbocycles. The van der Waals surface area contributed by atoms with Crippen LogP contribution in [0.15, 0.2) is 79.0 Å². The minimum atomic E-state index is -4.07. The van der Waals surface area contributed by atoms with Gasteiger partial charge in [0.15, 0.2) is 5.82 Å². The second kappa shape index (κ2) is 7.35. The average molecular weight is 402 g/mol. The van der Waals surface area contributed by atoms with Gasteiger partial charge in [0, 0.05) is 17.8 Å². The van der Waals surface area contributed by atoms with E-state index in [2.05, 4.69) is 28.0 Å². The van der Waals surface area contributed by atoms with Gasteiger partial charge in [-0.25, -0.2) is 13.4 Å².